The molecule has 0 amide bonds. The summed E-state index contributed by atoms with van der Waals surface area (Å²) in [6, 6.07) is 5.55. The van der Waals surface area contributed by atoms with Crippen LogP contribution in [0.3, 0.4) is 0 Å². The smallest absolute Gasteiger partial charge is 0.165 e. The van der Waals surface area contributed by atoms with Crippen LogP contribution in [-0.2, 0) is 0 Å². The highest BCUT2D eigenvalue weighted by Gasteiger charge is 2.19. The minimum absolute atomic E-state index is 0.00839. The first kappa shape index (κ1) is 14.3. The Morgan fingerprint density at radius 2 is 1.89 bits per heavy atom. The molecule has 1 aromatic carbocycles. The zero-order valence-corrected chi connectivity index (χ0v) is 11.9. The average molecular weight is 266 g/mol. The first-order valence-electron chi connectivity index (χ1n) is 6.99. The summed E-state index contributed by atoms with van der Waals surface area (Å²) in [5.74, 6) is 0.0689. The van der Waals surface area contributed by atoms with Crippen molar-refractivity contribution in [2.24, 2.45) is 0 Å². The van der Waals surface area contributed by atoms with Gasteiger partial charge in [-0.15, -0.1) is 0 Å². The second kappa shape index (κ2) is 6.35. The van der Waals surface area contributed by atoms with Crippen molar-refractivity contribution in [1.82, 2.24) is 10.2 Å². The molecule has 0 saturated carbocycles. The summed E-state index contributed by atoms with van der Waals surface area (Å²) >= 11 is 0. The molecule has 106 valence electrons. The Labute approximate surface area is 114 Å². The van der Waals surface area contributed by atoms with Gasteiger partial charge >= 0.3 is 0 Å². The van der Waals surface area contributed by atoms with E-state index < -0.39 is 0 Å². The van der Waals surface area contributed by atoms with Crippen molar-refractivity contribution >= 4 is 0 Å². The lowest BCUT2D eigenvalue weighted by molar-refractivity contribution is 0.184. The maximum absolute atomic E-state index is 14.0. The van der Waals surface area contributed by atoms with E-state index >= 15 is 0 Å². The average Bonchev–Trinajstić information content (AvgIpc) is 2.41. The van der Waals surface area contributed by atoms with Crippen LogP contribution in [0.15, 0.2) is 18.2 Å². The number of nitrogens with zero attached hydrogens (tertiary/aromatic N) is 1. The first-order chi connectivity index (χ1) is 9.08. The number of hydrogen-bond donors (Lipinski definition) is 1. The normalized spacial score (nSPS) is 18.6. The van der Waals surface area contributed by atoms with Crippen LogP contribution in [0.4, 0.5) is 4.39 Å². The maximum atomic E-state index is 14.0. The van der Waals surface area contributed by atoms with Gasteiger partial charge in [0.25, 0.3) is 0 Å². The molecule has 0 bridgehead atoms. The molecule has 1 aliphatic heterocycles. The van der Waals surface area contributed by atoms with Crippen molar-refractivity contribution in [3.63, 3.8) is 0 Å². The summed E-state index contributed by atoms with van der Waals surface area (Å²) < 4.78 is 19.4. The lowest BCUT2D eigenvalue weighted by Crippen LogP contribution is -2.44. The molecule has 0 aromatic heterocycles. The predicted octanol–water partition coefficient (Wildman–Crippen LogP) is 2.58. The van der Waals surface area contributed by atoms with Crippen LogP contribution < -0.4 is 10.1 Å². The molecule has 3 nitrogen and oxygen atoms in total. The van der Waals surface area contributed by atoms with E-state index in [9.17, 15) is 4.39 Å². The molecule has 1 N–H and O–H groups in total. The fourth-order valence-electron chi connectivity index (χ4n) is 2.41. The third-order valence-corrected chi connectivity index (χ3v) is 3.50. The number of hydrogen-bond acceptors (Lipinski definition) is 3. The topological polar surface area (TPSA) is 24.5 Å². The second-order valence-electron chi connectivity index (χ2n) is 5.32. The van der Waals surface area contributed by atoms with E-state index in [4.69, 9.17) is 4.74 Å². The van der Waals surface area contributed by atoms with E-state index in [0.29, 0.717) is 5.75 Å². The highest BCUT2D eigenvalue weighted by atomic mass is 19.1. The Hall–Kier alpha value is -1.13. The van der Waals surface area contributed by atoms with Gasteiger partial charge in [0.15, 0.2) is 11.6 Å². The van der Waals surface area contributed by atoms with Crippen molar-refractivity contribution in [3.05, 3.63) is 29.6 Å². The summed E-state index contributed by atoms with van der Waals surface area (Å²) in [6.07, 6.45) is -0.00839. The van der Waals surface area contributed by atoms with Gasteiger partial charge in [0, 0.05) is 32.2 Å². The van der Waals surface area contributed by atoms with Gasteiger partial charge in [0.1, 0.15) is 0 Å². The van der Waals surface area contributed by atoms with Crippen LogP contribution in [0.2, 0.25) is 0 Å². The molecule has 0 aliphatic carbocycles. The van der Waals surface area contributed by atoms with Crippen LogP contribution in [0.5, 0.6) is 5.75 Å². The SMILES string of the molecule is CC(C)Oc1ccc(C(C)N2CCNCC2)cc1F. The molecular weight excluding hydrogens is 243 g/mol. The number of rotatable bonds is 4. The standard InChI is InChI=1S/C15H23FN2O/c1-11(2)19-15-5-4-13(10-14(15)16)12(3)18-8-6-17-7-9-18/h4-5,10-12,17H,6-9H2,1-3H3. The zero-order chi connectivity index (χ0) is 13.8. The van der Waals surface area contributed by atoms with Gasteiger partial charge in [-0.2, -0.15) is 0 Å². The molecule has 1 heterocycles. The number of ether oxygens (including phenoxy) is 1. The molecule has 1 aliphatic rings. The second-order valence-corrected chi connectivity index (χ2v) is 5.32. The van der Waals surface area contributed by atoms with Crippen molar-refractivity contribution in [1.29, 1.82) is 0 Å². The summed E-state index contributed by atoms with van der Waals surface area (Å²) in [6.45, 7) is 9.94. The Kier molecular flexibility index (Phi) is 4.77. The van der Waals surface area contributed by atoms with Gasteiger partial charge in [-0.05, 0) is 38.5 Å². The maximum Gasteiger partial charge on any atom is 0.165 e. The van der Waals surface area contributed by atoms with Crippen LogP contribution in [0, 0.1) is 5.82 Å². The van der Waals surface area contributed by atoms with Crippen LogP contribution in [-0.4, -0.2) is 37.2 Å². The molecule has 1 saturated heterocycles. The van der Waals surface area contributed by atoms with Crippen molar-refractivity contribution in [2.45, 2.75) is 32.9 Å². The van der Waals surface area contributed by atoms with Gasteiger partial charge < -0.3 is 10.1 Å². The van der Waals surface area contributed by atoms with Crippen molar-refractivity contribution < 1.29 is 9.13 Å². The summed E-state index contributed by atoms with van der Waals surface area (Å²) in [5, 5.41) is 3.33. The van der Waals surface area contributed by atoms with Gasteiger partial charge in [0.05, 0.1) is 6.10 Å². The lowest BCUT2D eigenvalue weighted by atomic mass is 10.1. The molecule has 19 heavy (non-hydrogen) atoms. The Bertz CT molecular complexity index is 417. The van der Waals surface area contributed by atoms with E-state index in [1.54, 1.807) is 12.1 Å². The van der Waals surface area contributed by atoms with Crippen LogP contribution >= 0.6 is 0 Å². The minimum atomic E-state index is -0.270. The molecule has 0 radical (unpaired) electrons. The Morgan fingerprint density at radius 3 is 2.47 bits per heavy atom. The molecule has 1 aromatic rings. The quantitative estimate of drug-likeness (QED) is 0.906. The molecule has 4 heteroatoms. The third kappa shape index (κ3) is 3.67. The van der Waals surface area contributed by atoms with E-state index in [2.05, 4.69) is 17.1 Å². The Balaban J connectivity index is 2.09. The van der Waals surface area contributed by atoms with Crippen LogP contribution in [0.1, 0.15) is 32.4 Å². The van der Waals surface area contributed by atoms with Crippen molar-refractivity contribution in [3.8, 4) is 5.75 Å². The molecule has 0 spiro atoms. The van der Waals surface area contributed by atoms with E-state index in [1.165, 1.54) is 0 Å². The first-order valence-corrected chi connectivity index (χ1v) is 6.99. The number of benzene rings is 1. The molecule has 2 rings (SSSR count). The third-order valence-electron chi connectivity index (χ3n) is 3.50. The minimum Gasteiger partial charge on any atom is -0.488 e. The zero-order valence-electron chi connectivity index (χ0n) is 11.9. The fourth-order valence-corrected chi connectivity index (χ4v) is 2.41. The molecule has 1 unspecified atom stereocenters. The van der Waals surface area contributed by atoms with E-state index in [0.717, 1.165) is 31.7 Å². The number of halogens is 1. The number of piperazine rings is 1. The van der Waals surface area contributed by atoms with Crippen molar-refractivity contribution in [2.75, 3.05) is 26.2 Å². The van der Waals surface area contributed by atoms with Gasteiger partial charge in [0.2, 0.25) is 0 Å². The summed E-state index contributed by atoms with van der Waals surface area (Å²) in [4.78, 5) is 2.37. The molecule has 1 atom stereocenters. The largest absolute Gasteiger partial charge is 0.488 e. The highest BCUT2D eigenvalue weighted by Crippen LogP contribution is 2.26. The van der Waals surface area contributed by atoms with E-state index in [-0.39, 0.29) is 18.0 Å². The molecule has 1 fully saturated rings. The van der Waals surface area contributed by atoms with Gasteiger partial charge in [-0.3, -0.25) is 4.90 Å². The summed E-state index contributed by atoms with van der Waals surface area (Å²) in [5.41, 5.74) is 1.01. The fraction of sp³-hybridized carbons (Fsp3) is 0.600. The van der Waals surface area contributed by atoms with Gasteiger partial charge in [-0.1, -0.05) is 6.07 Å². The van der Waals surface area contributed by atoms with Crippen LogP contribution in [0.25, 0.3) is 0 Å². The highest BCUT2D eigenvalue weighted by molar-refractivity contribution is 5.31. The number of nitrogens with one attached hydrogen (secondary N) is 1. The Morgan fingerprint density at radius 1 is 1.21 bits per heavy atom. The molecular formula is C15H23FN2O. The van der Waals surface area contributed by atoms with Gasteiger partial charge in [-0.25, -0.2) is 4.39 Å². The predicted molar refractivity (Wildman–Crippen MR) is 75.0 cm³/mol. The lowest BCUT2D eigenvalue weighted by Gasteiger charge is -2.33. The summed E-state index contributed by atoms with van der Waals surface area (Å²) in [7, 11) is 0. The van der Waals surface area contributed by atoms with E-state index in [1.807, 2.05) is 19.9 Å². The monoisotopic (exact) mass is 266 g/mol.